The molecule has 1 spiro atoms. The number of hydrogen-bond donors (Lipinski definition) is 0. The molecular weight excluding hydrogens is 246 g/mol. The van der Waals surface area contributed by atoms with Gasteiger partial charge in [0.05, 0.1) is 10.6 Å². The maximum absolute atomic E-state index is 12.3. The summed E-state index contributed by atoms with van der Waals surface area (Å²) in [7, 11) is 3.07. The van der Waals surface area contributed by atoms with Crippen LogP contribution in [-0.4, -0.2) is 52.1 Å². The van der Waals surface area contributed by atoms with Crippen LogP contribution in [0.2, 0.25) is 0 Å². The van der Waals surface area contributed by atoms with E-state index in [-0.39, 0.29) is 5.41 Å². The number of rotatable bonds is 0. The summed E-state index contributed by atoms with van der Waals surface area (Å²) in [5.74, 6) is 0. The van der Waals surface area contributed by atoms with E-state index in [1.807, 2.05) is 29.7 Å². The summed E-state index contributed by atoms with van der Waals surface area (Å²) in [5.41, 5.74) is 1.18. The SMILES string of the molecule is CN1CCC2(CC1)CN(C)S(=O)c1cccnc12. The molecule has 1 aromatic rings. The van der Waals surface area contributed by atoms with E-state index in [1.165, 1.54) is 0 Å². The molecule has 3 heterocycles. The Morgan fingerprint density at radius 3 is 2.78 bits per heavy atom. The van der Waals surface area contributed by atoms with Crippen molar-refractivity contribution in [3.05, 3.63) is 24.0 Å². The average molecular weight is 265 g/mol. The predicted molar refractivity (Wildman–Crippen MR) is 71.7 cm³/mol. The second-order valence-corrected chi connectivity index (χ2v) is 7.03. The lowest BCUT2D eigenvalue weighted by atomic mass is 9.75. The number of piperidine rings is 1. The fourth-order valence-corrected chi connectivity index (χ4v) is 4.43. The van der Waals surface area contributed by atoms with Gasteiger partial charge in [0.25, 0.3) is 0 Å². The van der Waals surface area contributed by atoms with E-state index in [4.69, 9.17) is 0 Å². The molecule has 1 atom stereocenters. The van der Waals surface area contributed by atoms with E-state index < -0.39 is 11.0 Å². The quantitative estimate of drug-likeness (QED) is 0.702. The molecule has 0 N–H and O–H groups in total. The summed E-state index contributed by atoms with van der Waals surface area (Å²) in [6.07, 6.45) is 4.05. The maximum atomic E-state index is 12.3. The lowest BCUT2D eigenvalue weighted by Crippen LogP contribution is -2.51. The van der Waals surface area contributed by atoms with Crippen molar-refractivity contribution in [3.63, 3.8) is 0 Å². The Labute approximate surface area is 111 Å². The van der Waals surface area contributed by atoms with Gasteiger partial charge in [-0.3, -0.25) is 4.98 Å². The molecule has 18 heavy (non-hydrogen) atoms. The van der Waals surface area contributed by atoms with Gasteiger partial charge < -0.3 is 4.90 Å². The lowest BCUT2D eigenvalue weighted by Gasteiger charge is -2.45. The predicted octanol–water partition coefficient (Wildman–Crippen LogP) is 1.01. The van der Waals surface area contributed by atoms with Crippen LogP contribution in [0.3, 0.4) is 0 Å². The third kappa shape index (κ3) is 1.81. The first-order valence-corrected chi connectivity index (χ1v) is 7.50. The summed E-state index contributed by atoms with van der Waals surface area (Å²) >= 11 is 0. The molecule has 0 radical (unpaired) electrons. The lowest BCUT2D eigenvalue weighted by molar-refractivity contribution is 0.159. The number of likely N-dealkylation sites (tertiary alicyclic amines) is 1. The molecule has 4 nitrogen and oxygen atoms in total. The first-order valence-electron chi connectivity index (χ1n) is 6.39. The van der Waals surface area contributed by atoms with Crippen molar-refractivity contribution in [1.29, 1.82) is 0 Å². The van der Waals surface area contributed by atoms with Crippen LogP contribution in [0.15, 0.2) is 23.2 Å². The van der Waals surface area contributed by atoms with Crippen molar-refractivity contribution < 1.29 is 4.21 Å². The highest BCUT2D eigenvalue weighted by Crippen LogP contribution is 2.41. The molecule has 0 bridgehead atoms. The van der Waals surface area contributed by atoms with Crippen molar-refractivity contribution in [2.24, 2.45) is 0 Å². The van der Waals surface area contributed by atoms with Crippen molar-refractivity contribution >= 4 is 11.0 Å². The standard InChI is InChI=1S/C13H19N3OS/c1-15-8-5-13(6-9-15)10-16(2)18(17)11-4-3-7-14-12(11)13/h3-4,7H,5-6,8-10H2,1-2H3. The zero-order valence-electron chi connectivity index (χ0n) is 10.9. The van der Waals surface area contributed by atoms with Gasteiger partial charge in [0.2, 0.25) is 0 Å². The van der Waals surface area contributed by atoms with E-state index in [0.717, 1.165) is 43.1 Å². The maximum Gasteiger partial charge on any atom is 0.129 e. The fourth-order valence-electron chi connectivity index (χ4n) is 3.10. The normalized spacial score (nSPS) is 28.2. The number of pyridine rings is 1. The Morgan fingerprint density at radius 2 is 2.06 bits per heavy atom. The van der Waals surface area contributed by atoms with E-state index >= 15 is 0 Å². The van der Waals surface area contributed by atoms with Crippen LogP contribution in [0, 0.1) is 0 Å². The minimum atomic E-state index is -1.04. The third-order valence-corrected chi connectivity index (χ3v) is 5.61. The molecule has 1 saturated heterocycles. The summed E-state index contributed by atoms with van der Waals surface area (Å²) < 4.78 is 14.3. The topological polar surface area (TPSA) is 36.4 Å². The first kappa shape index (κ1) is 12.3. The van der Waals surface area contributed by atoms with Crippen LogP contribution < -0.4 is 0 Å². The second kappa shape index (κ2) is 4.40. The molecule has 1 unspecified atom stereocenters. The first-order chi connectivity index (χ1) is 8.62. The highest BCUT2D eigenvalue weighted by atomic mass is 32.2. The molecule has 2 aliphatic rings. The molecule has 5 heteroatoms. The van der Waals surface area contributed by atoms with Crippen molar-refractivity contribution in [2.45, 2.75) is 23.2 Å². The third-order valence-electron chi connectivity index (χ3n) is 4.21. The number of likely N-dealkylation sites (N-methyl/N-ethyl adjacent to an activating group) is 1. The van der Waals surface area contributed by atoms with Gasteiger partial charge in [-0.1, -0.05) is 0 Å². The van der Waals surface area contributed by atoms with Gasteiger partial charge in [0.15, 0.2) is 0 Å². The minimum Gasteiger partial charge on any atom is -0.306 e. The van der Waals surface area contributed by atoms with Gasteiger partial charge in [0.1, 0.15) is 11.0 Å². The smallest absolute Gasteiger partial charge is 0.129 e. The Hall–Kier alpha value is -0.780. The number of aromatic nitrogens is 1. The van der Waals surface area contributed by atoms with Crippen LogP contribution in [0.25, 0.3) is 0 Å². The van der Waals surface area contributed by atoms with Crippen molar-refractivity contribution in [2.75, 3.05) is 33.7 Å². The monoisotopic (exact) mass is 265 g/mol. The molecule has 0 amide bonds. The molecule has 0 saturated carbocycles. The van der Waals surface area contributed by atoms with Crippen molar-refractivity contribution in [3.8, 4) is 0 Å². The average Bonchev–Trinajstić information content (AvgIpc) is 2.40. The fraction of sp³-hybridized carbons (Fsp3) is 0.615. The van der Waals surface area contributed by atoms with E-state index in [1.54, 1.807) is 0 Å². The van der Waals surface area contributed by atoms with Gasteiger partial charge >= 0.3 is 0 Å². The van der Waals surface area contributed by atoms with Gasteiger partial charge in [-0.15, -0.1) is 0 Å². The summed E-state index contributed by atoms with van der Waals surface area (Å²) in [5, 5.41) is 0. The minimum absolute atomic E-state index is 0.103. The summed E-state index contributed by atoms with van der Waals surface area (Å²) in [6.45, 7) is 3.05. The zero-order chi connectivity index (χ0) is 12.8. The molecule has 2 aliphatic heterocycles. The molecular formula is C13H19N3OS. The molecule has 0 aromatic carbocycles. The van der Waals surface area contributed by atoms with E-state index in [9.17, 15) is 4.21 Å². The van der Waals surface area contributed by atoms with E-state index in [0.29, 0.717) is 0 Å². The van der Waals surface area contributed by atoms with Gasteiger partial charge in [-0.05, 0) is 45.1 Å². The highest BCUT2D eigenvalue weighted by molar-refractivity contribution is 7.82. The Morgan fingerprint density at radius 1 is 1.33 bits per heavy atom. The highest BCUT2D eigenvalue weighted by Gasteiger charge is 2.44. The molecule has 98 valence electrons. The summed E-state index contributed by atoms with van der Waals surface area (Å²) in [4.78, 5) is 7.84. The Balaban J connectivity index is 2.06. The largest absolute Gasteiger partial charge is 0.306 e. The van der Waals surface area contributed by atoms with Crippen LogP contribution >= 0.6 is 0 Å². The molecule has 1 aromatic heterocycles. The second-order valence-electron chi connectivity index (χ2n) is 5.47. The van der Waals surface area contributed by atoms with Crippen LogP contribution in [0.4, 0.5) is 0 Å². The van der Waals surface area contributed by atoms with Crippen LogP contribution in [-0.2, 0) is 16.4 Å². The Kier molecular flexibility index (Phi) is 3.00. The van der Waals surface area contributed by atoms with Crippen LogP contribution in [0.5, 0.6) is 0 Å². The van der Waals surface area contributed by atoms with Gasteiger partial charge in [0, 0.05) is 25.2 Å². The van der Waals surface area contributed by atoms with Gasteiger partial charge in [-0.2, -0.15) is 0 Å². The van der Waals surface area contributed by atoms with Crippen molar-refractivity contribution in [1.82, 2.24) is 14.2 Å². The number of hydrogen-bond acceptors (Lipinski definition) is 3. The number of nitrogens with zero attached hydrogens (tertiary/aromatic N) is 3. The molecule has 1 fully saturated rings. The van der Waals surface area contributed by atoms with Crippen LogP contribution in [0.1, 0.15) is 18.5 Å². The van der Waals surface area contributed by atoms with Gasteiger partial charge in [-0.25, -0.2) is 8.51 Å². The molecule has 0 aliphatic carbocycles. The Bertz CT molecular complexity index is 483. The summed E-state index contributed by atoms with van der Waals surface area (Å²) in [6, 6.07) is 3.85. The zero-order valence-corrected chi connectivity index (χ0v) is 11.7. The molecule has 3 rings (SSSR count). The number of fused-ring (bicyclic) bond motifs is 2. The van der Waals surface area contributed by atoms with E-state index in [2.05, 4.69) is 16.9 Å².